The number of benzene rings is 1. The van der Waals surface area contributed by atoms with Crippen molar-refractivity contribution in [2.75, 3.05) is 7.11 Å². The fourth-order valence-electron chi connectivity index (χ4n) is 1.76. The summed E-state index contributed by atoms with van der Waals surface area (Å²) in [6.45, 7) is 4.55. The second-order valence-electron chi connectivity index (χ2n) is 4.06. The van der Waals surface area contributed by atoms with E-state index in [0.29, 0.717) is 6.54 Å². The average Bonchev–Trinajstić information content (AvgIpc) is 2.56. The van der Waals surface area contributed by atoms with Crippen molar-refractivity contribution < 1.29 is 4.74 Å². The minimum atomic E-state index is 0.0944. The highest BCUT2D eigenvalue weighted by Gasteiger charge is 2.09. The third-order valence-electron chi connectivity index (χ3n) is 2.93. The number of hydrogen-bond acceptors (Lipinski definition) is 3. The Kier molecular flexibility index (Phi) is 3.92. The Labute approximate surface area is 118 Å². The topological polar surface area (TPSA) is 31.2 Å². The number of nitrogens with zero attached hydrogens (tertiary/aromatic N) is 1. The Morgan fingerprint density at radius 2 is 2.11 bits per heavy atom. The number of halogens is 1. The molecule has 0 N–H and O–H groups in total. The zero-order chi connectivity index (χ0) is 13.3. The van der Waals surface area contributed by atoms with Gasteiger partial charge >= 0.3 is 4.87 Å². The molecule has 2 rings (SSSR count). The van der Waals surface area contributed by atoms with Gasteiger partial charge in [-0.15, -0.1) is 0 Å². The van der Waals surface area contributed by atoms with E-state index in [9.17, 15) is 4.79 Å². The molecule has 0 amide bonds. The molecule has 0 unspecified atom stereocenters. The smallest absolute Gasteiger partial charge is 0.307 e. The van der Waals surface area contributed by atoms with Gasteiger partial charge in [-0.05, 0) is 47.5 Å². The van der Waals surface area contributed by atoms with E-state index in [4.69, 9.17) is 4.74 Å². The quantitative estimate of drug-likeness (QED) is 0.865. The summed E-state index contributed by atoms with van der Waals surface area (Å²) < 4.78 is 7.89. The summed E-state index contributed by atoms with van der Waals surface area (Å²) in [6, 6.07) is 5.86. The summed E-state index contributed by atoms with van der Waals surface area (Å²) in [7, 11) is 1.64. The maximum absolute atomic E-state index is 11.8. The standard InChI is InChI=1S/C13H14BrNO2S/c1-8-9(2)18-13(16)15(8)7-10-4-5-12(17-3)11(14)6-10/h4-6H,7H2,1-3H3. The molecule has 1 heterocycles. The van der Waals surface area contributed by atoms with Gasteiger partial charge in [-0.3, -0.25) is 9.36 Å². The lowest BCUT2D eigenvalue weighted by atomic mass is 10.2. The summed E-state index contributed by atoms with van der Waals surface area (Å²) in [6.07, 6.45) is 0. The Morgan fingerprint density at radius 3 is 2.61 bits per heavy atom. The average molecular weight is 328 g/mol. The molecule has 18 heavy (non-hydrogen) atoms. The fraction of sp³-hybridized carbons (Fsp3) is 0.308. The first-order chi connectivity index (χ1) is 8.52. The minimum Gasteiger partial charge on any atom is -0.496 e. The van der Waals surface area contributed by atoms with Crippen LogP contribution in [0.25, 0.3) is 0 Å². The second-order valence-corrected chi connectivity index (χ2v) is 6.08. The molecule has 0 saturated heterocycles. The van der Waals surface area contributed by atoms with Crippen LogP contribution >= 0.6 is 27.3 Å². The Morgan fingerprint density at radius 1 is 1.39 bits per heavy atom. The molecule has 0 radical (unpaired) electrons. The number of rotatable bonds is 3. The normalized spacial score (nSPS) is 10.7. The fourth-order valence-corrected chi connectivity index (χ4v) is 3.18. The van der Waals surface area contributed by atoms with E-state index >= 15 is 0 Å². The minimum absolute atomic E-state index is 0.0944. The number of aryl methyl sites for hydroxylation is 1. The van der Waals surface area contributed by atoms with Crippen molar-refractivity contribution in [1.29, 1.82) is 0 Å². The third-order valence-corrected chi connectivity index (χ3v) is 4.55. The number of hydrogen-bond donors (Lipinski definition) is 0. The van der Waals surface area contributed by atoms with Crippen molar-refractivity contribution >= 4 is 27.3 Å². The van der Waals surface area contributed by atoms with Gasteiger partial charge in [0.25, 0.3) is 0 Å². The van der Waals surface area contributed by atoms with E-state index in [1.165, 1.54) is 11.3 Å². The van der Waals surface area contributed by atoms with Crippen molar-refractivity contribution in [3.05, 3.63) is 48.5 Å². The van der Waals surface area contributed by atoms with Crippen molar-refractivity contribution in [2.24, 2.45) is 0 Å². The zero-order valence-electron chi connectivity index (χ0n) is 10.5. The number of methoxy groups -OCH3 is 1. The van der Waals surface area contributed by atoms with Gasteiger partial charge in [0.15, 0.2) is 0 Å². The van der Waals surface area contributed by atoms with Gasteiger partial charge in [-0.1, -0.05) is 17.4 Å². The van der Waals surface area contributed by atoms with E-state index in [2.05, 4.69) is 15.9 Å². The molecular weight excluding hydrogens is 314 g/mol. The second kappa shape index (κ2) is 5.28. The lowest BCUT2D eigenvalue weighted by Gasteiger charge is -2.08. The summed E-state index contributed by atoms with van der Waals surface area (Å²) >= 11 is 4.75. The van der Waals surface area contributed by atoms with Crippen LogP contribution < -0.4 is 9.61 Å². The van der Waals surface area contributed by atoms with Crippen LogP contribution in [0.4, 0.5) is 0 Å². The summed E-state index contributed by atoms with van der Waals surface area (Å²) in [4.78, 5) is 13.0. The van der Waals surface area contributed by atoms with Crippen LogP contribution in [-0.4, -0.2) is 11.7 Å². The van der Waals surface area contributed by atoms with Crippen molar-refractivity contribution in [1.82, 2.24) is 4.57 Å². The van der Waals surface area contributed by atoms with Gasteiger partial charge in [-0.25, -0.2) is 0 Å². The molecule has 2 aromatic rings. The summed E-state index contributed by atoms with van der Waals surface area (Å²) in [5.41, 5.74) is 2.11. The predicted molar refractivity (Wildman–Crippen MR) is 77.8 cm³/mol. The van der Waals surface area contributed by atoms with E-state index in [1.54, 1.807) is 11.7 Å². The van der Waals surface area contributed by atoms with E-state index in [1.807, 2.05) is 32.0 Å². The Balaban J connectivity index is 2.34. The molecule has 3 nitrogen and oxygen atoms in total. The lowest BCUT2D eigenvalue weighted by Crippen LogP contribution is -2.15. The number of aromatic nitrogens is 1. The van der Waals surface area contributed by atoms with Crippen LogP contribution in [0.3, 0.4) is 0 Å². The summed E-state index contributed by atoms with van der Waals surface area (Å²) in [5.74, 6) is 0.796. The van der Waals surface area contributed by atoms with Gasteiger partial charge in [0.2, 0.25) is 0 Å². The number of thiazole rings is 1. The molecule has 0 aliphatic heterocycles. The molecular formula is C13H14BrNO2S. The maximum atomic E-state index is 11.8. The molecule has 1 aromatic heterocycles. The largest absolute Gasteiger partial charge is 0.496 e. The molecule has 0 bridgehead atoms. The highest BCUT2D eigenvalue weighted by molar-refractivity contribution is 9.10. The van der Waals surface area contributed by atoms with Crippen LogP contribution in [-0.2, 0) is 6.54 Å². The molecule has 0 aliphatic rings. The van der Waals surface area contributed by atoms with E-state index < -0.39 is 0 Å². The maximum Gasteiger partial charge on any atom is 0.307 e. The van der Waals surface area contributed by atoms with Gasteiger partial charge in [0, 0.05) is 10.6 Å². The molecule has 96 valence electrons. The van der Waals surface area contributed by atoms with Crippen LogP contribution in [0, 0.1) is 13.8 Å². The first-order valence-corrected chi connectivity index (χ1v) is 7.13. The van der Waals surface area contributed by atoms with Gasteiger partial charge in [0.05, 0.1) is 18.1 Å². The molecule has 0 aliphatic carbocycles. The molecule has 1 aromatic carbocycles. The molecule has 5 heteroatoms. The molecule has 0 spiro atoms. The molecule has 0 saturated carbocycles. The lowest BCUT2D eigenvalue weighted by molar-refractivity contribution is 0.412. The predicted octanol–water partition coefficient (Wildman–Crippen LogP) is 3.35. The van der Waals surface area contributed by atoms with Gasteiger partial charge in [0.1, 0.15) is 5.75 Å². The van der Waals surface area contributed by atoms with Crippen LogP contribution in [0.2, 0.25) is 0 Å². The van der Waals surface area contributed by atoms with Crippen molar-refractivity contribution in [3.8, 4) is 5.75 Å². The van der Waals surface area contributed by atoms with Crippen molar-refractivity contribution in [3.63, 3.8) is 0 Å². The Hall–Kier alpha value is -1.07. The monoisotopic (exact) mass is 327 g/mol. The van der Waals surface area contributed by atoms with Crippen LogP contribution in [0.15, 0.2) is 27.5 Å². The molecule has 0 fully saturated rings. The highest BCUT2D eigenvalue weighted by atomic mass is 79.9. The number of ether oxygens (including phenoxy) is 1. The van der Waals surface area contributed by atoms with Crippen LogP contribution in [0.1, 0.15) is 16.1 Å². The van der Waals surface area contributed by atoms with E-state index in [0.717, 1.165) is 26.4 Å². The van der Waals surface area contributed by atoms with Gasteiger partial charge in [-0.2, -0.15) is 0 Å². The zero-order valence-corrected chi connectivity index (χ0v) is 12.9. The first-order valence-electron chi connectivity index (χ1n) is 5.52. The summed E-state index contributed by atoms with van der Waals surface area (Å²) in [5, 5.41) is 0. The SMILES string of the molecule is COc1ccc(Cn2c(C)c(C)sc2=O)cc1Br. The van der Waals surface area contributed by atoms with Crippen molar-refractivity contribution in [2.45, 2.75) is 20.4 Å². The Bertz CT molecular complexity index is 630. The molecule has 0 atom stereocenters. The van der Waals surface area contributed by atoms with Crippen LogP contribution in [0.5, 0.6) is 5.75 Å². The third kappa shape index (κ3) is 2.52. The highest BCUT2D eigenvalue weighted by Crippen LogP contribution is 2.26. The first kappa shape index (κ1) is 13.4. The van der Waals surface area contributed by atoms with E-state index in [-0.39, 0.29) is 4.87 Å². The van der Waals surface area contributed by atoms with Gasteiger partial charge < -0.3 is 4.74 Å².